The molecular formula is C16H15NO2S. The van der Waals surface area contributed by atoms with Crippen molar-refractivity contribution in [3.8, 4) is 5.75 Å². The number of thiophene rings is 1. The number of methoxy groups -OCH3 is 1. The Hall–Kier alpha value is -2.07. The van der Waals surface area contributed by atoms with Crippen LogP contribution in [0.15, 0.2) is 41.8 Å². The molecule has 0 saturated carbocycles. The number of fused-ring (bicyclic) bond motifs is 1. The molecule has 0 N–H and O–H groups in total. The molecule has 0 bridgehead atoms. The molecule has 0 saturated heterocycles. The van der Waals surface area contributed by atoms with Crippen molar-refractivity contribution in [2.24, 2.45) is 0 Å². The highest BCUT2D eigenvalue weighted by molar-refractivity contribution is 7.17. The summed E-state index contributed by atoms with van der Waals surface area (Å²) in [6.07, 6.45) is 0. The van der Waals surface area contributed by atoms with Gasteiger partial charge in [0, 0.05) is 18.8 Å². The molecule has 0 unspecified atom stereocenters. The van der Waals surface area contributed by atoms with Crippen LogP contribution in [0.3, 0.4) is 0 Å². The van der Waals surface area contributed by atoms with Gasteiger partial charge < -0.3 is 9.30 Å². The third-order valence-corrected chi connectivity index (χ3v) is 4.35. The minimum atomic E-state index is 0.0754. The number of carbonyl (C=O) groups is 1. The summed E-state index contributed by atoms with van der Waals surface area (Å²) in [6.45, 7) is 2.30. The van der Waals surface area contributed by atoms with Crippen molar-refractivity contribution in [2.45, 2.75) is 13.5 Å². The second-order valence-corrected chi connectivity index (χ2v) is 5.54. The minimum Gasteiger partial charge on any atom is -0.495 e. The molecule has 0 aliphatic carbocycles. The van der Waals surface area contributed by atoms with Gasteiger partial charge in [-0.1, -0.05) is 30.3 Å². The molecule has 0 aliphatic rings. The van der Waals surface area contributed by atoms with Gasteiger partial charge >= 0.3 is 0 Å². The fourth-order valence-corrected chi connectivity index (χ4v) is 3.40. The lowest BCUT2D eigenvalue weighted by atomic mass is 10.2. The highest BCUT2D eigenvalue weighted by Crippen LogP contribution is 2.35. The molecule has 0 aliphatic heterocycles. The first-order valence-corrected chi connectivity index (χ1v) is 7.28. The van der Waals surface area contributed by atoms with Crippen LogP contribution in [-0.2, 0) is 6.54 Å². The highest BCUT2D eigenvalue weighted by atomic mass is 32.1. The van der Waals surface area contributed by atoms with Gasteiger partial charge in [-0.15, -0.1) is 11.3 Å². The molecule has 3 aromatic rings. The lowest BCUT2D eigenvalue weighted by molar-refractivity contribution is 0.101. The fraction of sp³-hybridized carbons (Fsp3) is 0.188. The molecule has 4 heteroatoms. The molecule has 2 heterocycles. The Balaban J connectivity index is 2.14. The molecule has 102 valence electrons. The van der Waals surface area contributed by atoms with E-state index in [1.807, 2.05) is 29.6 Å². The summed E-state index contributed by atoms with van der Waals surface area (Å²) in [7, 11) is 1.66. The van der Waals surface area contributed by atoms with E-state index < -0.39 is 0 Å². The third-order valence-electron chi connectivity index (χ3n) is 3.35. The first-order chi connectivity index (χ1) is 9.70. The first kappa shape index (κ1) is 12.9. The second kappa shape index (κ2) is 5.13. The van der Waals surface area contributed by atoms with E-state index in [2.05, 4.69) is 16.7 Å². The monoisotopic (exact) mass is 285 g/mol. The fourth-order valence-electron chi connectivity index (χ4n) is 2.38. The molecule has 3 nitrogen and oxygen atoms in total. The number of ketones is 1. The summed E-state index contributed by atoms with van der Waals surface area (Å²) in [6, 6.07) is 12.1. The Morgan fingerprint density at radius 3 is 2.70 bits per heavy atom. The lowest BCUT2D eigenvalue weighted by Gasteiger charge is -2.07. The number of benzene rings is 1. The molecule has 0 amide bonds. The van der Waals surface area contributed by atoms with Crippen molar-refractivity contribution in [2.75, 3.05) is 7.11 Å². The van der Waals surface area contributed by atoms with Gasteiger partial charge in [-0.3, -0.25) is 4.79 Å². The number of ether oxygens (including phenoxy) is 1. The first-order valence-electron chi connectivity index (χ1n) is 6.40. The summed E-state index contributed by atoms with van der Waals surface area (Å²) >= 11 is 1.61. The van der Waals surface area contributed by atoms with E-state index >= 15 is 0 Å². The Labute approximate surface area is 121 Å². The highest BCUT2D eigenvalue weighted by Gasteiger charge is 2.17. The molecule has 1 aromatic carbocycles. The van der Waals surface area contributed by atoms with Crippen LogP contribution in [-0.4, -0.2) is 17.5 Å². The smallest absolute Gasteiger partial charge is 0.176 e. The summed E-state index contributed by atoms with van der Waals surface area (Å²) in [4.78, 5) is 12.9. The normalized spacial score (nSPS) is 10.9. The van der Waals surface area contributed by atoms with Crippen LogP contribution in [0.2, 0.25) is 0 Å². The quantitative estimate of drug-likeness (QED) is 0.679. The average Bonchev–Trinajstić information content (AvgIpc) is 3.00. The van der Waals surface area contributed by atoms with Crippen molar-refractivity contribution < 1.29 is 9.53 Å². The average molecular weight is 285 g/mol. The van der Waals surface area contributed by atoms with E-state index in [1.165, 1.54) is 5.56 Å². The van der Waals surface area contributed by atoms with Gasteiger partial charge in [-0.05, 0) is 11.6 Å². The van der Waals surface area contributed by atoms with Crippen LogP contribution in [0.1, 0.15) is 23.0 Å². The van der Waals surface area contributed by atoms with Gasteiger partial charge in [0.15, 0.2) is 5.78 Å². The maximum Gasteiger partial charge on any atom is 0.176 e. The van der Waals surface area contributed by atoms with E-state index in [0.717, 1.165) is 21.7 Å². The molecule has 0 spiro atoms. The van der Waals surface area contributed by atoms with Crippen molar-refractivity contribution in [1.82, 2.24) is 4.57 Å². The summed E-state index contributed by atoms with van der Waals surface area (Å²) in [5, 5.41) is 2.99. The zero-order valence-corrected chi connectivity index (χ0v) is 12.2. The van der Waals surface area contributed by atoms with Gasteiger partial charge in [-0.2, -0.15) is 0 Å². The number of Topliss-reactive ketones (excluding diaryl/α,β-unsaturated/α-hetero) is 1. The number of hydrogen-bond acceptors (Lipinski definition) is 3. The van der Waals surface area contributed by atoms with Gasteiger partial charge in [0.2, 0.25) is 0 Å². The molecule has 20 heavy (non-hydrogen) atoms. The van der Waals surface area contributed by atoms with Crippen molar-refractivity contribution >= 4 is 27.3 Å². The Morgan fingerprint density at radius 1 is 1.30 bits per heavy atom. The number of rotatable bonds is 4. The minimum absolute atomic E-state index is 0.0754. The van der Waals surface area contributed by atoms with Gasteiger partial charge in [0.1, 0.15) is 10.6 Å². The molecular weight excluding hydrogens is 270 g/mol. The van der Waals surface area contributed by atoms with Crippen LogP contribution in [0, 0.1) is 0 Å². The maximum atomic E-state index is 11.9. The van der Waals surface area contributed by atoms with Gasteiger partial charge in [0.05, 0.1) is 18.2 Å². The maximum absolute atomic E-state index is 11.9. The molecule has 2 aromatic heterocycles. The predicted octanol–water partition coefficient (Wildman–Crippen LogP) is 3.96. The van der Waals surface area contributed by atoms with Crippen molar-refractivity contribution in [3.05, 3.63) is 53.0 Å². The van der Waals surface area contributed by atoms with Crippen molar-refractivity contribution in [1.29, 1.82) is 0 Å². The van der Waals surface area contributed by atoms with Crippen molar-refractivity contribution in [3.63, 3.8) is 0 Å². The number of nitrogens with zero attached hydrogens (tertiary/aromatic N) is 1. The lowest BCUT2D eigenvalue weighted by Crippen LogP contribution is -2.06. The van der Waals surface area contributed by atoms with E-state index in [0.29, 0.717) is 6.54 Å². The summed E-state index contributed by atoms with van der Waals surface area (Å²) in [5.74, 6) is 0.908. The van der Waals surface area contributed by atoms with E-state index in [4.69, 9.17) is 4.74 Å². The number of aromatic nitrogens is 1. The molecule has 0 atom stereocenters. The van der Waals surface area contributed by atoms with E-state index in [9.17, 15) is 4.79 Å². The second-order valence-electron chi connectivity index (χ2n) is 4.68. The van der Waals surface area contributed by atoms with Crippen LogP contribution in [0.5, 0.6) is 5.75 Å². The van der Waals surface area contributed by atoms with Crippen LogP contribution in [0.4, 0.5) is 0 Å². The Morgan fingerprint density at radius 2 is 2.05 bits per heavy atom. The predicted molar refractivity (Wildman–Crippen MR) is 81.9 cm³/mol. The molecule has 3 rings (SSSR count). The van der Waals surface area contributed by atoms with Gasteiger partial charge in [0.25, 0.3) is 0 Å². The van der Waals surface area contributed by atoms with Crippen LogP contribution < -0.4 is 4.74 Å². The summed E-state index contributed by atoms with van der Waals surface area (Å²) in [5.41, 5.74) is 1.91. The molecule has 0 fully saturated rings. The van der Waals surface area contributed by atoms with Crippen LogP contribution >= 0.6 is 11.3 Å². The SMILES string of the molecule is COc1csc2c1cc(C(C)=O)n2Cc1ccccc1. The zero-order chi connectivity index (χ0) is 14.1. The van der Waals surface area contributed by atoms with Gasteiger partial charge in [-0.25, -0.2) is 0 Å². The largest absolute Gasteiger partial charge is 0.495 e. The van der Waals surface area contributed by atoms with E-state index in [1.54, 1.807) is 25.4 Å². The molecule has 0 radical (unpaired) electrons. The number of carbonyl (C=O) groups excluding carboxylic acids is 1. The third kappa shape index (κ3) is 2.12. The Bertz CT molecular complexity index is 755. The summed E-state index contributed by atoms with van der Waals surface area (Å²) < 4.78 is 7.42. The Kier molecular flexibility index (Phi) is 3.32. The standard InChI is InChI=1S/C16H15NO2S/c1-11(18)14-8-13-15(19-2)10-20-16(13)17(14)9-12-6-4-3-5-7-12/h3-8,10H,9H2,1-2H3. The zero-order valence-electron chi connectivity index (χ0n) is 11.4. The topological polar surface area (TPSA) is 31.2 Å². The van der Waals surface area contributed by atoms with E-state index in [-0.39, 0.29) is 5.78 Å². The van der Waals surface area contributed by atoms with Crippen LogP contribution in [0.25, 0.3) is 10.2 Å². The number of hydrogen-bond donors (Lipinski definition) is 0.